The number of fused-ring (bicyclic) bond motifs is 3. The van der Waals surface area contributed by atoms with Crippen molar-refractivity contribution in [2.75, 3.05) is 0 Å². The molecule has 0 bridgehead atoms. The van der Waals surface area contributed by atoms with Crippen molar-refractivity contribution < 1.29 is 0 Å². The normalized spacial score (nSPS) is 11.9. The summed E-state index contributed by atoms with van der Waals surface area (Å²) in [6.07, 6.45) is 0. The lowest BCUT2D eigenvalue weighted by atomic mass is 10.1. The standard InChI is InChI=1S/C30H21BrSi/c31-32(28-19-7-13-22-10-1-4-16-25(22)28,29-20-8-14-23-11-2-5-17-26(23)29)30-21-9-15-24-12-3-6-18-27(24)30/h1-21H. The summed E-state index contributed by atoms with van der Waals surface area (Å²) in [6.45, 7) is -2.56. The molecular weight excluding hydrogens is 468 g/mol. The summed E-state index contributed by atoms with van der Waals surface area (Å²) < 4.78 is 0. The average Bonchev–Trinajstić information content (AvgIpc) is 2.87. The van der Waals surface area contributed by atoms with E-state index in [-0.39, 0.29) is 0 Å². The molecule has 32 heavy (non-hydrogen) atoms. The van der Waals surface area contributed by atoms with Crippen molar-refractivity contribution in [1.82, 2.24) is 0 Å². The second kappa shape index (κ2) is 7.74. The minimum Gasteiger partial charge on any atom is -0.108 e. The van der Waals surface area contributed by atoms with Crippen molar-refractivity contribution >= 4 is 69.9 Å². The summed E-state index contributed by atoms with van der Waals surface area (Å²) in [5.41, 5.74) is 0. The Labute approximate surface area is 196 Å². The first-order valence-electron chi connectivity index (χ1n) is 10.9. The van der Waals surface area contributed by atoms with E-state index < -0.39 is 6.69 Å². The molecule has 0 aliphatic carbocycles. The van der Waals surface area contributed by atoms with Gasteiger partial charge in [0.2, 0.25) is 6.69 Å². The van der Waals surface area contributed by atoms with Crippen LogP contribution in [0.3, 0.4) is 0 Å². The van der Waals surface area contributed by atoms with Crippen LogP contribution >= 0.6 is 15.3 Å². The fourth-order valence-corrected chi connectivity index (χ4v) is 11.8. The van der Waals surface area contributed by atoms with Crippen molar-refractivity contribution in [2.45, 2.75) is 0 Å². The molecule has 2 heteroatoms. The number of hydrogen-bond donors (Lipinski definition) is 0. The van der Waals surface area contributed by atoms with Crippen LogP contribution < -0.4 is 15.6 Å². The fourth-order valence-electron chi connectivity index (χ4n) is 5.01. The Morgan fingerprint density at radius 3 is 0.969 bits per heavy atom. The zero-order valence-corrected chi connectivity index (χ0v) is 20.1. The highest BCUT2D eigenvalue weighted by atomic mass is 79.9. The zero-order chi connectivity index (χ0) is 21.5. The molecule has 0 saturated carbocycles. The molecule has 6 aromatic rings. The van der Waals surface area contributed by atoms with Crippen LogP contribution in [-0.4, -0.2) is 6.69 Å². The highest BCUT2D eigenvalue weighted by Crippen LogP contribution is 2.26. The molecule has 6 aromatic carbocycles. The van der Waals surface area contributed by atoms with E-state index in [1.807, 2.05) is 0 Å². The summed E-state index contributed by atoms with van der Waals surface area (Å²) in [7, 11) is 0. The first-order chi connectivity index (χ1) is 15.8. The Balaban J connectivity index is 1.81. The third-order valence-corrected chi connectivity index (χ3v) is 13.9. The molecule has 152 valence electrons. The maximum Gasteiger partial charge on any atom is 0.223 e. The Morgan fingerprint density at radius 2 is 0.625 bits per heavy atom. The first-order valence-corrected chi connectivity index (χ1v) is 15.2. The molecule has 0 aromatic heterocycles. The molecule has 0 atom stereocenters. The van der Waals surface area contributed by atoms with Gasteiger partial charge in [0.25, 0.3) is 0 Å². The van der Waals surface area contributed by atoms with E-state index in [9.17, 15) is 0 Å². The Bertz CT molecular complexity index is 1390. The van der Waals surface area contributed by atoms with Crippen LogP contribution in [-0.2, 0) is 0 Å². The molecule has 0 heterocycles. The summed E-state index contributed by atoms with van der Waals surface area (Å²) in [4.78, 5) is 0. The minimum absolute atomic E-state index is 1.28. The third kappa shape index (κ3) is 2.95. The van der Waals surface area contributed by atoms with Gasteiger partial charge in [0, 0.05) is 0 Å². The predicted octanol–water partition coefficient (Wildman–Crippen LogP) is 6.51. The Kier molecular flexibility index (Phi) is 4.71. The molecule has 0 aliphatic heterocycles. The van der Waals surface area contributed by atoms with Crippen LogP contribution in [0.5, 0.6) is 0 Å². The van der Waals surface area contributed by atoms with Gasteiger partial charge in [-0.2, -0.15) is 0 Å². The highest BCUT2D eigenvalue weighted by molar-refractivity contribution is 9.27. The lowest BCUT2D eigenvalue weighted by Crippen LogP contribution is -2.63. The molecular formula is C30H21BrSi. The van der Waals surface area contributed by atoms with Crippen molar-refractivity contribution in [1.29, 1.82) is 0 Å². The van der Waals surface area contributed by atoms with Crippen molar-refractivity contribution in [3.8, 4) is 0 Å². The van der Waals surface area contributed by atoms with Gasteiger partial charge in [-0.05, 0) is 47.9 Å². The molecule has 6 rings (SSSR count). The zero-order valence-electron chi connectivity index (χ0n) is 17.5. The van der Waals surface area contributed by atoms with Gasteiger partial charge in [-0.1, -0.05) is 127 Å². The highest BCUT2D eigenvalue weighted by Gasteiger charge is 2.40. The van der Waals surface area contributed by atoms with E-state index >= 15 is 0 Å². The number of hydrogen-bond acceptors (Lipinski definition) is 0. The minimum atomic E-state index is -2.56. The molecule has 0 unspecified atom stereocenters. The van der Waals surface area contributed by atoms with Gasteiger partial charge in [-0.25, -0.2) is 0 Å². The molecule has 0 radical (unpaired) electrons. The van der Waals surface area contributed by atoms with Crippen LogP contribution in [0.25, 0.3) is 32.3 Å². The maximum absolute atomic E-state index is 4.51. The average molecular weight is 489 g/mol. The fraction of sp³-hybridized carbons (Fsp3) is 0. The van der Waals surface area contributed by atoms with E-state index in [4.69, 9.17) is 0 Å². The van der Waals surface area contributed by atoms with E-state index in [2.05, 4.69) is 143 Å². The SMILES string of the molecule is Br[Si](c1cccc2ccccc12)(c1cccc2ccccc12)c1cccc2ccccc12. The Morgan fingerprint density at radius 1 is 0.344 bits per heavy atom. The van der Waals surface area contributed by atoms with Crippen molar-refractivity contribution in [3.63, 3.8) is 0 Å². The molecule has 0 N–H and O–H groups in total. The first kappa shape index (κ1) is 19.5. The molecule has 0 spiro atoms. The van der Waals surface area contributed by atoms with Crippen LogP contribution in [0.1, 0.15) is 0 Å². The topological polar surface area (TPSA) is 0 Å². The predicted molar refractivity (Wildman–Crippen MR) is 145 cm³/mol. The number of halogens is 1. The third-order valence-electron chi connectivity index (χ3n) is 6.48. The largest absolute Gasteiger partial charge is 0.223 e. The summed E-state index contributed by atoms with van der Waals surface area (Å²) in [5, 5.41) is 12.0. The summed E-state index contributed by atoms with van der Waals surface area (Å²) >= 11 is 4.51. The van der Waals surface area contributed by atoms with E-state index in [1.54, 1.807) is 0 Å². The van der Waals surface area contributed by atoms with Gasteiger partial charge in [-0.15, -0.1) is 15.3 Å². The van der Waals surface area contributed by atoms with Crippen molar-refractivity contribution in [2.24, 2.45) is 0 Å². The second-order valence-electron chi connectivity index (χ2n) is 8.24. The van der Waals surface area contributed by atoms with E-state index in [0.717, 1.165) is 0 Å². The molecule has 0 saturated heterocycles. The van der Waals surface area contributed by atoms with Crippen LogP contribution in [0.2, 0.25) is 0 Å². The van der Waals surface area contributed by atoms with Gasteiger partial charge >= 0.3 is 0 Å². The summed E-state index contributed by atoms with van der Waals surface area (Å²) in [5.74, 6) is 0. The Hall–Kier alpha value is -3.20. The monoisotopic (exact) mass is 488 g/mol. The summed E-state index contributed by atoms with van der Waals surface area (Å²) in [6, 6.07) is 46.5. The van der Waals surface area contributed by atoms with Crippen LogP contribution in [0.4, 0.5) is 0 Å². The van der Waals surface area contributed by atoms with Gasteiger partial charge in [-0.3, -0.25) is 0 Å². The molecule has 0 amide bonds. The molecule has 0 fully saturated rings. The van der Waals surface area contributed by atoms with Gasteiger partial charge in [0.05, 0.1) is 0 Å². The van der Waals surface area contributed by atoms with Gasteiger partial charge < -0.3 is 0 Å². The lowest BCUT2D eigenvalue weighted by Gasteiger charge is -2.30. The number of benzene rings is 6. The number of rotatable bonds is 3. The molecule has 0 aliphatic rings. The van der Waals surface area contributed by atoms with Gasteiger partial charge in [0.15, 0.2) is 0 Å². The lowest BCUT2D eigenvalue weighted by molar-refractivity contribution is 1.74. The van der Waals surface area contributed by atoms with Crippen molar-refractivity contribution in [3.05, 3.63) is 127 Å². The smallest absolute Gasteiger partial charge is 0.108 e. The maximum atomic E-state index is 4.51. The van der Waals surface area contributed by atoms with Gasteiger partial charge in [0.1, 0.15) is 0 Å². The van der Waals surface area contributed by atoms with Crippen LogP contribution in [0.15, 0.2) is 127 Å². The van der Waals surface area contributed by atoms with E-state index in [1.165, 1.54) is 47.9 Å². The molecule has 0 nitrogen and oxygen atoms in total. The van der Waals surface area contributed by atoms with E-state index in [0.29, 0.717) is 0 Å². The quantitative estimate of drug-likeness (QED) is 0.151. The second-order valence-corrected chi connectivity index (χ2v) is 14.7. The van der Waals surface area contributed by atoms with Crippen LogP contribution in [0, 0.1) is 0 Å².